The summed E-state index contributed by atoms with van der Waals surface area (Å²) in [5.41, 5.74) is 0. The molecule has 1 atom stereocenters. The molecule has 0 spiro atoms. The average Bonchev–Trinajstić information content (AvgIpc) is 2.05. The van der Waals surface area contributed by atoms with Crippen LogP contribution in [-0.2, 0) is 4.74 Å². The van der Waals surface area contributed by atoms with Crippen molar-refractivity contribution in [1.29, 1.82) is 0 Å². The van der Waals surface area contributed by atoms with Gasteiger partial charge in [-0.15, -0.1) is 6.58 Å². The first kappa shape index (κ1) is 10.9. The van der Waals surface area contributed by atoms with Crippen molar-refractivity contribution in [3.63, 3.8) is 0 Å². The van der Waals surface area contributed by atoms with E-state index in [1.807, 2.05) is 0 Å². The fourth-order valence-corrected chi connectivity index (χ4v) is 0.731. The Morgan fingerprint density at radius 2 is 2.50 bits per heavy atom. The number of carboxylic acid groups (broad SMARTS) is 1. The first-order chi connectivity index (χ1) is 5.67. The third-order valence-electron chi connectivity index (χ3n) is 1.32. The van der Waals surface area contributed by atoms with Crippen LogP contribution in [-0.4, -0.2) is 42.7 Å². The summed E-state index contributed by atoms with van der Waals surface area (Å²) in [4.78, 5) is 11.3. The molecule has 5 heteroatoms. The number of hydrogen-bond donors (Lipinski definition) is 1. The molecule has 0 rings (SSSR count). The van der Waals surface area contributed by atoms with Crippen molar-refractivity contribution in [1.82, 2.24) is 4.90 Å². The van der Waals surface area contributed by atoms with E-state index in [9.17, 15) is 9.18 Å². The number of nitrogens with zero attached hydrogens (tertiary/aromatic N) is 1. The summed E-state index contributed by atoms with van der Waals surface area (Å²) in [5.74, 6) is 0. The lowest BCUT2D eigenvalue weighted by Crippen LogP contribution is -2.42. The average molecular weight is 177 g/mol. The van der Waals surface area contributed by atoms with Crippen molar-refractivity contribution in [2.24, 2.45) is 0 Å². The molecular formula is C7H12FNO3. The molecule has 0 fully saturated rings. The normalized spacial score (nSPS) is 12.2. The molecule has 0 aliphatic rings. The standard InChI is InChI=1S/C7H12FNO3/c1-3-4-9(7(10)11)6(5-8)12-2/h3,6H,1,4-5H2,2H3,(H,10,11). The van der Waals surface area contributed by atoms with Crippen LogP contribution in [0.1, 0.15) is 0 Å². The predicted molar refractivity (Wildman–Crippen MR) is 41.7 cm³/mol. The Morgan fingerprint density at radius 3 is 2.75 bits per heavy atom. The molecule has 0 saturated carbocycles. The van der Waals surface area contributed by atoms with Crippen molar-refractivity contribution >= 4 is 6.09 Å². The number of alkyl halides is 1. The Morgan fingerprint density at radius 1 is 1.92 bits per heavy atom. The van der Waals surface area contributed by atoms with Gasteiger partial charge in [0.05, 0.1) is 0 Å². The number of rotatable bonds is 5. The van der Waals surface area contributed by atoms with Crippen LogP contribution in [0, 0.1) is 0 Å². The number of ether oxygens (including phenoxy) is 1. The van der Waals surface area contributed by atoms with Crippen LogP contribution < -0.4 is 0 Å². The van der Waals surface area contributed by atoms with Crippen LogP contribution in [0.2, 0.25) is 0 Å². The highest BCUT2D eigenvalue weighted by molar-refractivity contribution is 5.65. The highest BCUT2D eigenvalue weighted by Crippen LogP contribution is 2.01. The van der Waals surface area contributed by atoms with Crippen LogP contribution in [0.5, 0.6) is 0 Å². The maximum absolute atomic E-state index is 12.1. The maximum atomic E-state index is 12.1. The topological polar surface area (TPSA) is 49.8 Å². The Kier molecular flexibility index (Phi) is 5.03. The molecule has 4 nitrogen and oxygen atoms in total. The second-order valence-corrected chi connectivity index (χ2v) is 2.07. The zero-order chi connectivity index (χ0) is 9.56. The minimum atomic E-state index is -1.22. The van der Waals surface area contributed by atoms with Crippen LogP contribution in [0.4, 0.5) is 9.18 Å². The summed E-state index contributed by atoms with van der Waals surface area (Å²) in [6, 6.07) is 0. The monoisotopic (exact) mass is 177 g/mol. The molecule has 1 amide bonds. The molecule has 0 aromatic carbocycles. The van der Waals surface area contributed by atoms with Crippen molar-refractivity contribution < 1.29 is 19.0 Å². The van der Waals surface area contributed by atoms with Gasteiger partial charge in [-0.3, -0.25) is 4.90 Å². The van der Waals surface area contributed by atoms with Crippen molar-refractivity contribution in [3.8, 4) is 0 Å². The molecule has 0 saturated heterocycles. The summed E-state index contributed by atoms with van der Waals surface area (Å²) in [6.07, 6.45) is -0.893. The lowest BCUT2D eigenvalue weighted by molar-refractivity contribution is -0.0293. The fourth-order valence-electron chi connectivity index (χ4n) is 0.731. The van der Waals surface area contributed by atoms with Crippen LogP contribution in [0.3, 0.4) is 0 Å². The maximum Gasteiger partial charge on any atom is 0.409 e. The zero-order valence-corrected chi connectivity index (χ0v) is 6.86. The first-order valence-electron chi connectivity index (χ1n) is 3.36. The quantitative estimate of drug-likeness (QED) is 0.505. The number of hydrogen-bond acceptors (Lipinski definition) is 2. The first-order valence-corrected chi connectivity index (χ1v) is 3.36. The molecular weight excluding hydrogens is 165 g/mol. The molecule has 0 aromatic heterocycles. The Bertz CT molecular complexity index is 159. The van der Waals surface area contributed by atoms with E-state index in [1.54, 1.807) is 0 Å². The Hall–Kier alpha value is -1.10. The van der Waals surface area contributed by atoms with E-state index < -0.39 is 19.0 Å². The van der Waals surface area contributed by atoms with Crippen LogP contribution >= 0.6 is 0 Å². The summed E-state index contributed by atoms with van der Waals surface area (Å²) in [5, 5.41) is 8.57. The summed E-state index contributed by atoms with van der Waals surface area (Å²) in [6.45, 7) is 2.54. The highest BCUT2D eigenvalue weighted by Gasteiger charge is 2.20. The summed E-state index contributed by atoms with van der Waals surface area (Å²) < 4.78 is 16.7. The summed E-state index contributed by atoms with van der Waals surface area (Å²) >= 11 is 0. The Labute approximate surface area is 70.2 Å². The third-order valence-corrected chi connectivity index (χ3v) is 1.32. The molecule has 0 aliphatic carbocycles. The zero-order valence-electron chi connectivity index (χ0n) is 6.86. The number of carbonyl (C=O) groups is 1. The van der Waals surface area contributed by atoms with E-state index in [-0.39, 0.29) is 6.54 Å². The van der Waals surface area contributed by atoms with Gasteiger partial charge in [0.15, 0.2) is 6.23 Å². The molecule has 0 aliphatic heterocycles. The van der Waals surface area contributed by atoms with Gasteiger partial charge in [-0.2, -0.15) is 0 Å². The number of methoxy groups -OCH3 is 1. The lowest BCUT2D eigenvalue weighted by atomic mass is 10.4. The fraction of sp³-hybridized carbons (Fsp3) is 0.571. The smallest absolute Gasteiger partial charge is 0.409 e. The van der Waals surface area contributed by atoms with Crippen molar-refractivity contribution in [2.45, 2.75) is 6.23 Å². The van der Waals surface area contributed by atoms with E-state index >= 15 is 0 Å². The molecule has 0 heterocycles. The molecule has 0 bridgehead atoms. The van der Waals surface area contributed by atoms with Crippen LogP contribution in [0.15, 0.2) is 12.7 Å². The molecule has 1 unspecified atom stereocenters. The van der Waals surface area contributed by atoms with Gasteiger partial charge in [0, 0.05) is 13.7 Å². The summed E-state index contributed by atoms with van der Waals surface area (Å²) in [7, 11) is 1.25. The number of amides is 1. The number of halogens is 1. The minimum absolute atomic E-state index is 0.0533. The van der Waals surface area contributed by atoms with E-state index in [2.05, 4.69) is 11.3 Å². The van der Waals surface area contributed by atoms with Gasteiger partial charge in [0.25, 0.3) is 0 Å². The van der Waals surface area contributed by atoms with Crippen molar-refractivity contribution in [3.05, 3.63) is 12.7 Å². The van der Waals surface area contributed by atoms with Gasteiger partial charge in [0.2, 0.25) is 0 Å². The van der Waals surface area contributed by atoms with Gasteiger partial charge in [-0.25, -0.2) is 9.18 Å². The van der Waals surface area contributed by atoms with E-state index in [1.165, 1.54) is 13.2 Å². The van der Waals surface area contributed by atoms with E-state index in [0.717, 1.165) is 4.90 Å². The predicted octanol–water partition coefficient (Wildman–Crippen LogP) is 1.09. The molecule has 12 heavy (non-hydrogen) atoms. The van der Waals surface area contributed by atoms with Gasteiger partial charge < -0.3 is 9.84 Å². The third kappa shape index (κ3) is 2.87. The molecule has 0 radical (unpaired) electrons. The van der Waals surface area contributed by atoms with Crippen molar-refractivity contribution in [2.75, 3.05) is 20.3 Å². The van der Waals surface area contributed by atoms with Gasteiger partial charge in [-0.05, 0) is 0 Å². The Balaban J connectivity index is 4.24. The largest absolute Gasteiger partial charge is 0.465 e. The molecule has 1 N–H and O–H groups in total. The van der Waals surface area contributed by atoms with Crippen LogP contribution in [0.25, 0.3) is 0 Å². The van der Waals surface area contributed by atoms with E-state index in [0.29, 0.717) is 0 Å². The molecule has 70 valence electrons. The highest BCUT2D eigenvalue weighted by atomic mass is 19.1. The van der Waals surface area contributed by atoms with E-state index in [4.69, 9.17) is 5.11 Å². The van der Waals surface area contributed by atoms with Gasteiger partial charge >= 0.3 is 6.09 Å². The SMILES string of the molecule is C=CCN(C(=O)O)C(CF)OC. The second-order valence-electron chi connectivity index (χ2n) is 2.07. The lowest BCUT2D eigenvalue weighted by Gasteiger charge is -2.24. The van der Waals surface area contributed by atoms with Gasteiger partial charge in [-0.1, -0.05) is 6.08 Å². The second kappa shape index (κ2) is 5.54. The minimum Gasteiger partial charge on any atom is -0.465 e. The molecule has 0 aromatic rings. The van der Waals surface area contributed by atoms with Gasteiger partial charge in [0.1, 0.15) is 6.67 Å².